The lowest BCUT2D eigenvalue weighted by molar-refractivity contribution is 0.1000. The normalized spacial score (nSPS) is 22.8. The number of benzene rings is 1. The van der Waals surface area contributed by atoms with Crippen molar-refractivity contribution in [3.63, 3.8) is 0 Å². The summed E-state index contributed by atoms with van der Waals surface area (Å²) in [7, 11) is -3.53. The number of hydrogen-bond acceptors (Lipinski definition) is 4. The molecule has 1 atom stereocenters. The predicted octanol–water partition coefficient (Wildman–Crippen LogP) is 0.548. The zero-order valence-electron chi connectivity index (χ0n) is 12.4. The van der Waals surface area contributed by atoms with Gasteiger partial charge in [-0.05, 0) is 56.0 Å². The van der Waals surface area contributed by atoms with E-state index in [1.54, 1.807) is 0 Å². The SMILES string of the molecule is NC(=O)c1ccc(S(=O)(=O)NCC2CCN(C3CC3)C2)cc1. The molecule has 0 aromatic heterocycles. The third-order valence-electron chi connectivity index (χ3n) is 4.39. The van der Waals surface area contributed by atoms with Gasteiger partial charge in [-0.25, -0.2) is 13.1 Å². The lowest BCUT2D eigenvalue weighted by Crippen LogP contribution is -2.31. The summed E-state index contributed by atoms with van der Waals surface area (Å²) in [6, 6.07) is 6.42. The Balaban J connectivity index is 1.57. The number of hydrogen-bond donors (Lipinski definition) is 2. The molecule has 1 aliphatic heterocycles. The van der Waals surface area contributed by atoms with Gasteiger partial charge < -0.3 is 10.6 Å². The molecule has 2 aliphatic rings. The quantitative estimate of drug-likeness (QED) is 0.799. The van der Waals surface area contributed by atoms with Crippen LogP contribution in [0.3, 0.4) is 0 Å². The van der Waals surface area contributed by atoms with Crippen LogP contribution in [0.15, 0.2) is 29.2 Å². The Morgan fingerprint density at radius 2 is 1.91 bits per heavy atom. The lowest BCUT2D eigenvalue weighted by atomic mass is 10.1. The summed E-state index contributed by atoms with van der Waals surface area (Å²) in [5.74, 6) is -0.191. The van der Waals surface area contributed by atoms with E-state index in [4.69, 9.17) is 5.73 Å². The van der Waals surface area contributed by atoms with Crippen LogP contribution in [0.25, 0.3) is 0 Å². The molecule has 1 aromatic carbocycles. The van der Waals surface area contributed by atoms with E-state index in [2.05, 4.69) is 9.62 Å². The van der Waals surface area contributed by atoms with Crippen molar-refractivity contribution < 1.29 is 13.2 Å². The van der Waals surface area contributed by atoms with Crippen molar-refractivity contribution in [1.82, 2.24) is 9.62 Å². The first kappa shape index (κ1) is 15.5. The average Bonchev–Trinajstić information content (AvgIpc) is 3.24. The summed E-state index contributed by atoms with van der Waals surface area (Å²) in [6.07, 6.45) is 3.61. The van der Waals surface area contributed by atoms with Crippen LogP contribution in [0.4, 0.5) is 0 Å². The Labute approximate surface area is 130 Å². The smallest absolute Gasteiger partial charge is 0.248 e. The monoisotopic (exact) mass is 323 g/mol. The van der Waals surface area contributed by atoms with Gasteiger partial charge in [0.1, 0.15) is 0 Å². The highest BCUT2D eigenvalue weighted by molar-refractivity contribution is 7.89. The molecule has 1 aromatic rings. The molecule has 22 heavy (non-hydrogen) atoms. The van der Waals surface area contributed by atoms with E-state index >= 15 is 0 Å². The second-order valence-electron chi connectivity index (χ2n) is 6.12. The molecule has 6 nitrogen and oxygen atoms in total. The first-order valence-corrected chi connectivity index (χ1v) is 9.07. The number of primary amides is 1. The molecule has 1 unspecified atom stereocenters. The third kappa shape index (κ3) is 3.48. The van der Waals surface area contributed by atoms with Gasteiger partial charge in [0, 0.05) is 24.7 Å². The first-order chi connectivity index (χ1) is 10.5. The molecule has 120 valence electrons. The van der Waals surface area contributed by atoms with E-state index in [1.807, 2.05) is 0 Å². The standard InChI is InChI=1S/C15H21N3O3S/c16-15(19)12-1-5-14(6-2-12)22(20,21)17-9-11-7-8-18(10-11)13-3-4-13/h1-2,5-6,11,13,17H,3-4,7-10H2,(H2,16,19). The second-order valence-corrected chi connectivity index (χ2v) is 7.89. The summed E-state index contributed by atoms with van der Waals surface area (Å²) < 4.78 is 27.2. The summed E-state index contributed by atoms with van der Waals surface area (Å²) in [5, 5.41) is 0. The Morgan fingerprint density at radius 3 is 2.50 bits per heavy atom. The molecule has 2 fully saturated rings. The summed E-state index contributed by atoms with van der Waals surface area (Å²) in [5.41, 5.74) is 5.45. The van der Waals surface area contributed by atoms with Gasteiger partial charge >= 0.3 is 0 Å². The summed E-state index contributed by atoms with van der Waals surface area (Å²) in [6.45, 7) is 2.52. The molecule has 1 aliphatic carbocycles. The van der Waals surface area contributed by atoms with Crippen molar-refractivity contribution in [3.05, 3.63) is 29.8 Å². The van der Waals surface area contributed by atoms with Gasteiger partial charge in [0.05, 0.1) is 4.90 Å². The van der Waals surface area contributed by atoms with E-state index in [-0.39, 0.29) is 4.90 Å². The van der Waals surface area contributed by atoms with Crippen LogP contribution in [-0.4, -0.2) is 44.9 Å². The maximum absolute atomic E-state index is 12.3. The summed E-state index contributed by atoms with van der Waals surface area (Å²) >= 11 is 0. The molecule has 7 heteroatoms. The van der Waals surface area contributed by atoms with Crippen molar-refractivity contribution in [1.29, 1.82) is 0 Å². The molecule has 1 saturated heterocycles. The van der Waals surface area contributed by atoms with Gasteiger partial charge in [-0.1, -0.05) is 0 Å². The number of nitrogens with one attached hydrogen (secondary N) is 1. The molecule has 1 saturated carbocycles. The van der Waals surface area contributed by atoms with Crippen molar-refractivity contribution in [2.45, 2.75) is 30.2 Å². The maximum Gasteiger partial charge on any atom is 0.248 e. The van der Waals surface area contributed by atoms with Crippen LogP contribution in [0.2, 0.25) is 0 Å². The first-order valence-electron chi connectivity index (χ1n) is 7.59. The zero-order chi connectivity index (χ0) is 15.7. The molecule has 0 radical (unpaired) electrons. The van der Waals surface area contributed by atoms with Crippen LogP contribution in [0.5, 0.6) is 0 Å². The topological polar surface area (TPSA) is 92.5 Å². The number of nitrogens with zero attached hydrogens (tertiary/aromatic N) is 1. The molecule has 1 amide bonds. The van der Waals surface area contributed by atoms with Crippen molar-refractivity contribution in [2.24, 2.45) is 11.7 Å². The van der Waals surface area contributed by atoms with Crippen molar-refractivity contribution in [3.8, 4) is 0 Å². The molecule has 3 rings (SSSR count). The van der Waals surface area contributed by atoms with E-state index in [0.29, 0.717) is 18.0 Å². The highest BCUT2D eigenvalue weighted by Gasteiger charge is 2.34. The van der Waals surface area contributed by atoms with E-state index in [1.165, 1.54) is 37.1 Å². The number of likely N-dealkylation sites (tertiary alicyclic amines) is 1. The number of rotatable bonds is 6. The van der Waals surface area contributed by atoms with Crippen molar-refractivity contribution in [2.75, 3.05) is 19.6 Å². The fourth-order valence-corrected chi connectivity index (χ4v) is 4.03. The minimum absolute atomic E-state index is 0.162. The van der Waals surface area contributed by atoms with Crippen LogP contribution in [-0.2, 0) is 10.0 Å². The third-order valence-corrected chi connectivity index (χ3v) is 5.83. The molecule has 0 spiro atoms. The summed E-state index contributed by atoms with van der Waals surface area (Å²) in [4.78, 5) is 13.6. The fourth-order valence-electron chi connectivity index (χ4n) is 2.91. The van der Waals surface area contributed by atoms with Gasteiger partial charge in [0.25, 0.3) is 0 Å². The lowest BCUT2D eigenvalue weighted by Gasteiger charge is -2.15. The number of carbonyl (C=O) groups is 1. The fraction of sp³-hybridized carbons (Fsp3) is 0.533. The number of nitrogens with two attached hydrogens (primary N) is 1. The van der Waals surface area contributed by atoms with E-state index in [9.17, 15) is 13.2 Å². The largest absolute Gasteiger partial charge is 0.366 e. The maximum atomic E-state index is 12.3. The Bertz CT molecular complexity index is 653. The molecular weight excluding hydrogens is 302 g/mol. The highest BCUT2D eigenvalue weighted by atomic mass is 32.2. The molecule has 1 heterocycles. The highest BCUT2D eigenvalue weighted by Crippen LogP contribution is 2.31. The molecular formula is C15H21N3O3S. The van der Waals surface area contributed by atoms with Crippen molar-refractivity contribution >= 4 is 15.9 Å². The van der Waals surface area contributed by atoms with Crippen LogP contribution in [0.1, 0.15) is 29.6 Å². The van der Waals surface area contributed by atoms with E-state index in [0.717, 1.165) is 25.6 Å². The minimum Gasteiger partial charge on any atom is -0.366 e. The minimum atomic E-state index is -3.53. The Morgan fingerprint density at radius 1 is 1.23 bits per heavy atom. The van der Waals surface area contributed by atoms with Crippen LogP contribution in [0, 0.1) is 5.92 Å². The number of amides is 1. The van der Waals surface area contributed by atoms with Crippen LogP contribution >= 0.6 is 0 Å². The Kier molecular flexibility index (Phi) is 4.20. The zero-order valence-corrected chi connectivity index (χ0v) is 13.2. The van der Waals surface area contributed by atoms with Crippen LogP contribution < -0.4 is 10.5 Å². The number of sulfonamides is 1. The second kappa shape index (κ2) is 5.98. The molecule has 3 N–H and O–H groups in total. The average molecular weight is 323 g/mol. The molecule has 0 bridgehead atoms. The van der Waals surface area contributed by atoms with Gasteiger partial charge in [-0.2, -0.15) is 0 Å². The van der Waals surface area contributed by atoms with E-state index < -0.39 is 15.9 Å². The number of carbonyl (C=O) groups excluding carboxylic acids is 1. The van der Waals surface area contributed by atoms with Gasteiger partial charge in [-0.3, -0.25) is 4.79 Å². The van der Waals surface area contributed by atoms with Gasteiger partial charge in [0.2, 0.25) is 15.9 Å². The Hall–Kier alpha value is -1.44. The van der Waals surface area contributed by atoms with Gasteiger partial charge in [0.15, 0.2) is 0 Å². The van der Waals surface area contributed by atoms with Gasteiger partial charge in [-0.15, -0.1) is 0 Å². The predicted molar refractivity (Wildman–Crippen MR) is 82.9 cm³/mol.